The summed E-state index contributed by atoms with van der Waals surface area (Å²) in [7, 11) is -3.10. The summed E-state index contributed by atoms with van der Waals surface area (Å²) >= 11 is 0. The number of benzene rings is 2. The van der Waals surface area contributed by atoms with E-state index in [4.69, 9.17) is 0 Å². The summed E-state index contributed by atoms with van der Waals surface area (Å²) in [6, 6.07) is 16.5. The number of nitrogens with one attached hydrogen (secondary N) is 1. The first-order valence-corrected chi connectivity index (χ1v) is 10.6. The molecule has 0 bridgehead atoms. The minimum atomic E-state index is -3.10. The molecule has 2 aromatic carbocycles. The summed E-state index contributed by atoms with van der Waals surface area (Å²) in [6.07, 6.45) is 1.46. The molecule has 0 atom stereocenters. The van der Waals surface area contributed by atoms with Gasteiger partial charge < -0.3 is 0 Å². The van der Waals surface area contributed by atoms with Crippen molar-refractivity contribution in [2.45, 2.75) is 74.8 Å². The first-order valence-electron chi connectivity index (χ1n) is 8.99. The van der Waals surface area contributed by atoms with Crippen LogP contribution in [0.1, 0.15) is 73.4 Å². The standard InChI is InChI=1S/C12H19NO2S.C9H11F.3CH4.Y/c1-11(2)13-16(14,15)10-6-9-12-7-4-3-5-8-12;1-7(2)8-3-5-9(10)6-4-8;;;;/h3-5,7-8,11,13H,6,9-10H2,1-2H3;3-7H,1-2H3;3*1H4;. The van der Waals surface area contributed by atoms with Crippen molar-refractivity contribution in [1.29, 1.82) is 0 Å². The summed E-state index contributed by atoms with van der Waals surface area (Å²) in [5.41, 5.74) is 2.36. The van der Waals surface area contributed by atoms with Crippen LogP contribution in [-0.4, -0.2) is 20.2 Å². The molecule has 0 fully saturated rings. The molecule has 0 saturated carbocycles. The van der Waals surface area contributed by atoms with Gasteiger partial charge in [-0.2, -0.15) is 0 Å². The van der Waals surface area contributed by atoms with Gasteiger partial charge in [-0.05, 0) is 55.9 Å². The molecule has 1 N–H and O–H groups in total. The zero-order chi connectivity index (χ0) is 19.6. The van der Waals surface area contributed by atoms with Crippen molar-refractivity contribution in [2.75, 3.05) is 5.75 Å². The summed E-state index contributed by atoms with van der Waals surface area (Å²) in [4.78, 5) is 0. The number of rotatable bonds is 7. The third kappa shape index (κ3) is 17.1. The van der Waals surface area contributed by atoms with Crippen LogP contribution in [0.2, 0.25) is 0 Å². The number of hydrogen-bond donors (Lipinski definition) is 1. The molecule has 171 valence electrons. The van der Waals surface area contributed by atoms with E-state index in [0.717, 1.165) is 6.42 Å². The van der Waals surface area contributed by atoms with Gasteiger partial charge in [0, 0.05) is 38.8 Å². The maximum Gasteiger partial charge on any atom is 0.211 e. The normalized spacial score (nSPS) is 9.83. The molecule has 0 aromatic heterocycles. The minimum Gasteiger partial charge on any atom is -0.213 e. The topological polar surface area (TPSA) is 46.2 Å². The van der Waals surface area contributed by atoms with Crippen molar-refractivity contribution in [3.05, 3.63) is 71.5 Å². The average Bonchev–Trinajstić information content (AvgIpc) is 2.55. The second-order valence-corrected chi connectivity index (χ2v) is 8.76. The molecule has 0 aliphatic heterocycles. The van der Waals surface area contributed by atoms with Crippen LogP contribution in [0.25, 0.3) is 0 Å². The molecule has 2 aromatic rings. The zero-order valence-corrected chi connectivity index (χ0v) is 20.3. The maximum absolute atomic E-state index is 12.4. The number of halogens is 1. The van der Waals surface area contributed by atoms with E-state index in [1.807, 2.05) is 56.3 Å². The Kier molecular flexibility index (Phi) is 23.4. The van der Waals surface area contributed by atoms with Crippen LogP contribution in [0.4, 0.5) is 4.39 Å². The summed E-state index contributed by atoms with van der Waals surface area (Å²) in [5, 5.41) is 0. The Morgan fingerprint density at radius 1 is 0.867 bits per heavy atom. The molecule has 2 rings (SSSR count). The monoisotopic (exact) mass is 516 g/mol. The molecule has 0 saturated heterocycles. The minimum absolute atomic E-state index is 0. The number of hydrogen-bond acceptors (Lipinski definition) is 2. The van der Waals surface area contributed by atoms with Crippen LogP contribution in [0.3, 0.4) is 0 Å². The van der Waals surface area contributed by atoms with Gasteiger partial charge in [0.15, 0.2) is 0 Å². The van der Waals surface area contributed by atoms with E-state index in [0.29, 0.717) is 12.3 Å². The Morgan fingerprint density at radius 3 is 1.80 bits per heavy atom. The van der Waals surface area contributed by atoms with Gasteiger partial charge in [0.25, 0.3) is 0 Å². The summed E-state index contributed by atoms with van der Waals surface area (Å²) < 4.78 is 38.0. The fraction of sp³-hybridized carbons (Fsp3) is 0.500. The molecule has 0 heterocycles. The smallest absolute Gasteiger partial charge is 0.211 e. The van der Waals surface area contributed by atoms with E-state index in [-0.39, 0.29) is 72.6 Å². The van der Waals surface area contributed by atoms with E-state index in [1.54, 1.807) is 0 Å². The van der Waals surface area contributed by atoms with Crippen molar-refractivity contribution in [1.82, 2.24) is 4.72 Å². The third-order valence-electron chi connectivity index (χ3n) is 3.67. The van der Waals surface area contributed by atoms with Gasteiger partial charge in [0.1, 0.15) is 5.82 Å². The van der Waals surface area contributed by atoms with Crippen LogP contribution < -0.4 is 4.72 Å². The van der Waals surface area contributed by atoms with E-state index in [9.17, 15) is 12.8 Å². The molecule has 0 aliphatic rings. The molecule has 30 heavy (non-hydrogen) atoms. The van der Waals surface area contributed by atoms with Gasteiger partial charge in [-0.3, -0.25) is 0 Å². The first kappa shape index (κ1) is 36.7. The van der Waals surface area contributed by atoms with Gasteiger partial charge in [0.2, 0.25) is 10.0 Å². The Bertz CT molecular complexity index is 734. The van der Waals surface area contributed by atoms with Crippen molar-refractivity contribution in [2.24, 2.45) is 0 Å². The maximum atomic E-state index is 12.4. The SMILES string of the molecule is C.C.C.CC(C)NS(=O)(=O)CCCc1ccccc1.CC(C)c1ccc(F)cc1.[Y]. The molecular formula is C24H42FNO2SY. The Balaban J connectivity index is -0.000000214. The van der Waals surface area contributed by atoms with Crippen LogP contribution in [0, 0.1) is 5.82 Å². The average molecular weight is 517 g/mol. The van der Waals surface area contributed by atoms with Gasteiger partial charge >= 0.3 is 0 Å². The zero-order valence-electron chi connectivity index (χ0n) is 16.7. The molecule has 3 nitrogen and oxygen atoms in total. The largest absolute Gasteiger partial charge is 0.213 e. The number of sulfonamides is 1. The quantitative estimate of drug-likeness (QED) is 0.440. The second kappa shape index (κ2) is 19.1. The van der Waals surface area contributed by atoms with Crippen molar-refractivity contribution >= 4 is 10.0 Å². The van der Waals surface area contributed by atoms with Gasteiger partial charge in [0.05, 0.1) is 5.75 Å². The Labute approximate surface area is 211 Å². The summed E-state index contributed by atoms with van der Waals surface area (Å²) in [5.74, 6) is 0.519. The predicted molar refractivity (Wildman–Crippen MR) is 128 cm³/mol. The molecule has 0 aliphatic carbocycles. The fourth-order valence-corrected chi connectivity index (χ4v) is 3.74. The van der Waals surface area contributed by atoms with Crippen LogP contribution in [0.15, 0.2) is 54.6 Å². The molecule has 0 amide bonds. The number of aryl methyl sites for hydroxylation is 1. The van der Waals surface area contributed by atoms with Gasteiger partial charge in [-0.25, -0.2) is 17.5 Å². The van der Waals surface area contributed by atoms with Crippen molar-refractivity contribution in [3.63, 3.8) is 0 Å². The molecular weight excluding hydrogens is 474 g/mol. The van der Waals surface area contributed by atoms with E-state index in [1.165, 1.54) is 23.3 Å². The summed E-state index contributed by atoms with van der Waals surface area (Å²) in [6.45, 7) is 7.84. The van der Waals surface area contributed by atoms with E-state index in [2.05, 4.69) is 18.6 Å². The predicted octanol–water partition coefficient (Wildman–Crippen LogP) is 6.80. The van der Waals surface area contributed by atoms with E-state index >= 15 is 0 Å². The molecule has 1 radical (unpaired) electrons. The van der Waals surface area contributed by atoms with Gasteiger partial charge in [-0.1, -0.05) is 78.6 Å². The molecule has 6 heteroatoms. The molecule has 0 spiro atoms. The van der Waals surface area contributed by atoms with Crippen LogP contribution in [-0.2, 0) is 49.2 Å². The Hall–Kier alpha value is -0.616. The molecule has 0 unspecified atom stereocenters. The second-order valence-electron chi connectivity index (χ2n) is 6.89. The first-order chi connectivity index (χ1) is 12.2. The third-order valence-corrected chi connectivity index (χ3v) is 5.33. The van der Waals surface area contributed by atoms with Crippen LogP contribution >= 0.6 is 0 Å². The Morgan fingerprint density at radius 2 is 1.37 bits per heavy atom. The fourth-order valence-electron chi connectivity index (χ4n) is 2.38. The van der Waals surface area contributed by atoms with E-state index < -0.39 is 10.0 Å². The van der Waals surface area contributed by atoms with Gasteiger partial charge in [-0.15, -0.1) is 0 Å². The van der Waals surface area contributed by atoms with Crippen LogP contribution in [0.5, 0.6) is 0 Å². The van der Waals surface area contributed by atoms with Crippen molar-refractivity contribution < 1.29 is 45.5 Å². The van der Waals surface area contributed by atoms with Crippen molar-refractivity contribution in [3.8, 4) is 0 Å².